The van der Waals surface area contributed by atoms with Gasteiger partial charge in [0, 0.05) is 6.04 Å². The fourth-order valence-electron chi connectivity index (χ4n) is 1.05. The summed E-state index contributed by atoms with van der Waals surface area (Å²) in [7, 11) is 0. The molecule has 1 amide bonds. The summed E-state index contributed by atoms with van der Waals surface area (Å²) in [4.78, 5) is 12.1. The highest BCUT2D eigenvalue weighted by Crippen LogP contribution is 2.22. The number of halogens is 1. The molecule has 0 radical (unpaired) electrons. The molecule has 0 bridgehead atoms. The minimum absolute atomic E-state index is 0.344. The highest BCUT2D eigenvalue weighted by molar-refractivity contribution is 9.11. The van der Waals surface area contributed by atoms with Gasteiger partial charge in [0.2, 0.25) is 6.41 Å². The molecule has 10 heavy (non-hydrogen) atoms. The first-order valence-electron chi connectivity index (χ1n) is 3.35. The highest BCUT2D eigenvalue weighted by Gasteiger charge is 2.17. The van der Waals surface area contributed by atoms with Crippen LogP contribution in [0.15, 0.2) is 10.7 Å². The monoisotopic (exact) mass is 203 g/mol. The van der Waals surface area contributed by atoms with Gasteiger partial charge in [-0.3, -0.25) is 4.79 Å². The average Bonchev–Trinajstić information content (AvgIpc) is 1.88. The molecule has 0 aromatic heterocycles. The molecule has 0 aliphatic carbocycles. The van der Waals surface area contributed by atoms with Crippen LogP contribution in [0.2, 0.25) is 0 Å². The summed E-state index contributed by atoms with van der Waals surface area (Å²) in [5.41, 5.74) is 0. The molecule has 0 aromatic carbocycles. The van der Waals surface area contributed by atoms with E-state index in [9.17, 15) is 4.79 Å². The lowest BCUT2D eigenvalue weighted by atomic mass is 10.1. The highest BCUT2D eigenvalue weighted by atomic mass is 79.9. The summed E-state index contributed by atoms with van der Waals surface area (Å²) in [5, 5.41) is 0. The predicted octanol–water partition coefficient (Wildman–Crippen LogP) is 1.86. The van der Waals surface area contributed by atoms with E-state index in [2.05, 4.69) is 15.9 Å². The van der Waals surface area contributed by atoms with Crippen molar-refractivity contribution in [1.29, 1.82) is 0 Å². The van der Waals surface area contributed by atoms with E-state index in [1.165, 1.54) is 0 Å². The van der Waals surface area contributed by atoms with Crippen LogP contribution < -0.4 is 0 Å². The summed E-state index contributed by atoms with van der Waals surface area (Å²) < 4.78 is 0.904. The van der Waals surface area contributed by atoms with Gasteiger partial charge < -0.3 is 4.90 Å². The van der Waals surface area contributed by atoms with Crippen LogP contribution in [0.4, 0.5) is 0 Å². The molecule has 3 heteroatoms. The summed E-state index contributed by atoms with van der Waals surface area (Å²) in [6.07, 6.45) is 5.01. The number of hydrogen-bond acceptors (Lipinski definition) is 1. The molecular weight excluding hydrogens is 194 g/mol. The fourth-order valence-corrected chi connectivity index (χ4v) is 1.71. The van der Waals surface area contributed by atoms with E-state index in [-0.39, 0.29) is 0 Å². The third-order valence-electron chi connectivity index (χ3n) is 1.73. The number of allylic oxidation sites excluding steroid dienone is 1. The molecule has 1 unspecified atom stereocenters. The Balaban J connectivity index is 2.72. The lowest BCUT2D eigenvalue weighted by Gasteiger charge is -2.27. The Labute approximate surface area is 69.0 Å². The van der Waals surface area contributed by atoms with Crippen molar-refractivity contribution in [3.8, 4) is 0 Å². The maximum atomic E-state index is 10.4. The van der Waals surface area contributed by atoms with E-state index in [0.29, 0.717) is 6.04 Å². The van der Waals surface area contributed by atoms with Crippen LogP contribution in [-0.2, 0) is 4.79 Å². The molecule has 0 spiro atoms. The van der Waals surface area contributed by atoms with Crippen LogP contribution in [0.5, 0.6) is 0 Å². The van der Waals surface area contributed by atoms with Crippen LogP contribution in [0, 0.1) is 0 Å². The largest absolute Gasteiger partial charge is 0.306 e. The van der Waals surface area contributed by atoms with Gasteiger partial charge in [-0.15, -0.1) is 0 Å². The van der Waals surface area contributed by atoms with E-state index in [0.717, 1.165) is 23.9 Å². The second-order valence-electron chi connectivity index (χ2n) is 2.47. The zero-order valence-corrected chi connectivity index (χ0v) is 7.47. The van der Waals surface area contributed by atoms with Crippen molar-refractivity contribution in [3.05, 3.63) is 10.7 Å². The van der Waals surface area contributed by atoms with Crippen molar-refractivity contribution < 1.29 is 4.79 Å². The Morgan fingerprint density at radius 2 is 2.60 bits per heavy atom. The summed E-state index contributed by atoms with van der Waals surface area (Å²) in [5.74, 6) is 0. The zero-order chi connectivity index (χ0) is 7.56. The van der Waals surface area contributed by atoms with Crippen molar-refractivity contribution >= 4 is 22.3 Å². The predicted molar refractivity (Wildman–Crippen MR) is 43.6 cm³/mol. The van der Waals surface area contributed by atoms with Gasteiger partial charge in [-0.1, -0.05) is 6.08 Å². The smallest absolute Gasteiger partial charge is 0.214 e. The third kappa shape index (κ3) is 1.40. The summed E-state index contributed by atoms with van der Waals surface area (Å²) >= 11 is 3.31. The van der Waals surface area contributed by atoms with E-state index in [1.807, 2.05) is 13.0 Å². The number of hydrogen-bond donors (Lipinski definition) is 0. The Hall–Kier alpha value is -0.310. The van der Waals surface area contributed by atoms with E-state index < -0.39 is 0 Å². The van der Waals surface area contributed by atoms with Gasteiger partial charge in [0.05, 0.1) is 4.61 Å². The second kappa shape index (κ2) is 3.19. The van der Waals surface area contributed by atoms with Gasteiger partial charge in [0.1, 0.15) is 0 Å². The molecule has 1 rings (SSSR count). The quantitative estimate of drug-likeness (QED) is 0.471. The Morgan fingerprint density at radius 3 is 3.00 bits per heavy atom. The van der Waals surface area contributed by atoms with Gasteiger partial charge in [0.25, 0.3) is 0 Å². The van der Waals surface area contributed by atoms with Gasteiger partial charge in [-0.05, 0) is 35.7 Å². The number of rotatable bonds is 1. The standard InChI is InChI=1S/C7H10BrNO/c1-6-3-2-4-7(8)9(6)5-10/h4-6H,2-3H2,1H3. The van der Waals surface area contributed by atoms with Crippen LogP contribution in [0.1, 0.15) is 19.8 Å². The number of nitrogens with zero attached hydrogens (tertiary/aromatic N) is 1. The van der Waals surface area contributed by atoms with E-state index >= 15 is 0 Å². The normalized spacial score (nSPS) is 26.0. The molecule has 2 nitrogen and oxygen atoms in total. The first kappa shape index (κ1) is 7.79. The first-order chi connectivity index (χ1) is 4.75. The molecule has 0 N–H and O–H groups in total. The molecular formula is C7H10BrNO. The minimum Gasteiger partial charge on any atom is -0.306 e. The number of carbonyl (C=O) groups excluding carboxylic acids is 1. The van der Waals surface area contributed by atoms with Crippen molar-refractivity contribution in [2.45, 2.75) is 25.8 Å². The zero-order valence-electron chi connectivity index (χ0n) is 5.88. The lowest BCUT2D eigenvalue weighted by Crippen LogP contribution is -2.31. The average molecular weight is 204 g/mol. The lowest BCUT2D eigenvalue weighted by molar-refractivity contribution is -0.117. The van der Waals surface area contributed by atoms with Crippen LogP contribution in [0.25, 0.3) is 0 Å². The molecule has 0 fully saturated rings. The molecule has 0 saturated heterocycles. The van der Waals surface area contributed by atoms with Crippen molar-refractivity contribution in [1.82, 2.24) is 4.90 Å². The Bertz CT molecular complexity index is 167. The number of amides is 1. The van der Waals surface area contributed by atoms with Gasteiger partial charge in [0.15, 0.2) is 0 Å². The summed E-state index contributed by atoms with van der Waals surface area (Å²) in [6.45, 7) is 2.04. The topological polar surface area (TPSA) is 20.3 Å². The van der Waals surface area contributed by atoms with E-state index in [1.54, 1.807) is 4.90 Å². The Morgan fingerprint density at radius 1 is 1.90 bits per heavy atom. The Kier molecular flexibility index (Phi) is 2.49. The van der Waals surface area contributed by atoms with Gasteiger partial charge >= 0.3 is 0 Å². The van der Waals surface area contributed by atoms with Crippen molar-refractivity contribution in [3.63, 3.8) is 0 Å². The molecule has 56 valence electrons. The second-order valence-corrected chi connectivity index (χ2v) is 3.28. The van der Waals surface area contributed by atoms with Gasteiger partial charge in [-0.2, -0.15) is 0 Å². The SMILES string of the molecule is CC1CCC=C(Br)N1C=O. The maximum absolute atomic E-state index is 10.4. The van der Waals surface area contributed by atoms with Crippen LogP contribution >= 0.6 is 15.9 Å². The van der Waals surface area contributed by atoms with Crippen molar-refractivity contribution in [2.24, 2.45) is 0 Å². The maximum Gasteiger partial charge on any atom is 0.214 e. The fraction of sp³-hybridized carbons (Fsp3) is 0.571. The minimum atomic E-state index is 0.344. The molecule has 1 aliphatic rings. The molecule has 1 aliphatic heterocycles. The summed E-state index contributed by atoms with van der Waals surface area (Å²) in [6, 6.07) is 0.344. The third-order valence-corrected chi connectivity index (χ3v) is 2.47. The van der Waals surface area contributed by atoms with Gasteiger partial charge in [-0.25, -0.2) is 0 Å². The van der Waals surface area contributed by atoms with Crippen molar-refractivity contribution in [2.75, 3.05) is 0 Å². The number of carbonyl (C=O) groups is 1. The molecule has 0 saturated carbocycles. The van der Waals surface area contributed by atoms with Crippen LogP contribution in [-0.4, -0.2) is 17.4 Å². The molecule has 0 aromatic rings. The molecule has 1 heterocycles. The van der Waals surface area contributed by atoms with E-state index in [4.69, 9.17) is 0 Å². The first-order valence-corrected chi connectivity index (χ1v) is 4.14. The van der Waals surface area contributed by atoms with Crippen LogP contribution in [0.3, 0.4) is 0 Å². The molecule has 1 atom stereocenters.